The minimum absolute atomic E-state index is 0.885. The molecule has 56 valence electrons. The predicted octanol–water partition coefficient (Wildman–Crippen LogP) is 3.15. The van der Waals surface area contributed by atoms with Crippen LogP contribution in [0.2, 0.25) is 0 Å². The highest BCUT2D eigenvalue weighted by Crippen LogP contribution is 2.10. The SMILES string of the molecule is Cc1ccc(N=C=NI)cc1. The van der Waals surface area contributed by atoms with Crippen LogP contribution in [0.15, 0.2) is 32.5 Å². The first-order valence-electron chi connectivity index (χ1n) is 3.16. The summed E-state index contributed by atoms with van der Waals surface area (Å²) in [6.45, 7) is 2.04. The van der Waals surface area contributed by atoms with Crippen LogP contribution in [0.4, 0.5) is 5.69 Å². The molecule has 0 unspecified atom stereocenters. The minimum atomic E-state index is 0.885. The predicted molar refractivity (Wildman–Crippen MR) is 54.7 cm³/mol. The number of halogens is 1. The molecule has 0 saturated carbocycles. The van der Waals surface area contributed by atoms with Crippen molar-refractivity contribution in [3.63, 3.8) is 0 Å². The van der Waals surface area contributed by atoms with E-state index in [2.05, 4.69) is 14.2 Å². The summed E-state index contributed by atoms with van der Waals surface area (Å²) in [7, 11) is 0. The number of aryl methyl sites for hydroxylation is 1. The van der Waals surface area contributed by atoms with E-state index < -0.39 is 0 Å². The molecule has 0 aliphatic carbocycles. The van der Waals surface area contributed by atoms with Gasteiger partial charge in [-0.25, -0.2) is 0 Å². The normalized spacial score (nSPS) is 8.55. The van der Waals surface area contributed by atoms with Gasteiger partial charge in [-0.3, -0.25) is 0 Å². The Balaban J connectivity index is 2.90. The Bertz CT molecular complexity index is 283. The Morgan fingerprint density at radius 3 is 2.45 bits per heavy atom. The molecule has 1 rings (SSSR count). The third-order valence-corrected chi connectivity index (χ3v) is 1.47. The first-order chi connectivity index (χ1) is 5.33. The van der Waals surface area contributed by atoms with Crippen molar-refractivity contribution in [3.8, 4) is 0 Å². The van der Waals surface area contributed by atoms with Crippen LogP contribution in [0.5, 0.6) is 0 Å². The highest BCUT2D eigenvalue weighted by Gasteiger charge is 1.85. The van der Waals surface area contributed by atoms with Crippen LogP contribution in [0.3, 0.4) is 0 Å². The lowest BCUT2D eigenvalue weighted by Gasteiger charge is -1.90. The fraction of sp³-hybridized carbons (Fsp3) is 0.125. The van der Waals surface area contributed by atoms with E-state index in [0.29, 0.717) is 0 Å². The van der Waals surface area contributed by atoms with Crippen molar-refractivity contribution in [1.82, 2.24) is 0 Å². The topological polar surface area (TPSA) is 24.7 Å². The van der Waals surface area contributed by atoms with Gasteiger partial charge in [-0.1, -0.05) is 17.7 Å². The standard InChI is InChI=1S/C8H7IN2/c1-7-2-4-8(5-3-7)10-6-11-9/h2-5H,1H3. The number of hydrogen-bond donors (Lipinski definition) is 0. The summed E-state index contributed by atoms with van der Waals surface area (Å²) in [5.74, 6) is 0. The second-order valence-corrected chi connectivity index (χ2v) is 2.61. The number of aliphatic imine (C=N–C) groups is 1. The maximum absolute atomic E-state index is 3.94. The maximum atomic E-state index is 3.94. The van der Waals surface area contributed by atoms with Gasteiger partial charge in [-0.05, 0) is 19.1 Å². The van der Waals surface area contributed by atoms with Crippen molar-refractivity contribution in [2.45, 2.75) is 6.92 Å². The minimum Gasteiger partial charge on any atom is -0.187 e. The molecule has 0 radical (unpaired) electrons. The quantitative estimate of drug-likeness (QED) is 0.546. The second kappa shape index (κ2) is 4.26. The Kier molecular flexibility index (Phi) is 3.26. The van der Waals surface area contributed by atoms with E-state index in [1.54, 1.807) is 0 Å². The van der Waals surface area contributed by atoms with E-state index in [1.807, 2.05) is 54.1 Å². The van der Waals surface area contributed by atoms with E-state index in [9.17, 15) is 0 Å². The van der Waals surface area contributed by atoms with Crippen molar-refractivity contribution >= 4 is 34.6 Å². The van der Waals surface area contributed by atoms with Crippen LogP contribution >= 0.6 is 22.9 Å². The molecule has 11 heavy (non-hydrogen) atoms. The molecule has 0 bridgehead atoms. The average molecular weight is 258 g/mol. The van der Waals surface area contributed by atoms with Gasteiger partial charge in [0.1, 0.15) is 6.01 Å². The number of hydrogen-bond acceptors (Lipinski definition) is 2. The lowest BCUT2D eigenvalue weighted by Crippen LogP contribution is -1.67. The molecule has 3 heteroatoms. The molecule has 0 heterocycles. The lowest BCUT2D eigenvalue weighted by atomic mass is 10.2. The molecule has 0 aromatic heterocycles. The Labute approximate surface area is 79.6 Å². The first-order valence-corrected chi connectivity index (χ1v) is 4.13. The molecule has 0 aliphatic heterocycles. The van der Waals surface area contributed by atoms with Crippen LogP contribution in [-0.4, -0.2) is 6.01 Å². The van der Waals surface area contributed by atoms with Gasteiger partial charge in [0.15, 0.2) is 0 Å². The molecule has 0 fully saturated rings. The van der Waals surface area contributed by atoms with Gasteiger partial charge in [0.25, 0.3) is 0 Å². The molecule has 2 nitrogen and oxygen atoms in total. The van der Waals surface area contributed by atoms with E-state index >= 15 is 0 Å². The van der Waals surface area contributed by atoms with Crippen LogP contribution in [0.25, 0.3) is 0 Å². The van der Waals surface area contributed by atoms with E-state index in [-0.39, 0.29) is 0 Å². The molecule has 1 aromatic rings. The van der Waals surface area contributed by atoms with Crippen molar-refractivity contribution in [3.05, 3.63) is 29.8 Å². The molecule has 1 aromatic carbocycles. The molecule has 0 aliphatic rings. The molecule has 0 N–H and O–H groups in total. The largest absolute Gasteiger partial charge is 0.187 e. The summed E-state index contributed by atoms with van der Waals surface area (Å²) in [5.41, 5.74) is 2.12. The molecule has 0 amide bonds. The highest BCUT2D eigenvalue weighted by molar-refractivity contribution is 14.1. The summed E-state index contributed by atoms with van der Waals surface area (Å²) in [6, 6.07) is 10.4. The highest BCUT2D eigenvalue weighted by atomic mass is 127. The van der Waals surface area contributed by atoms with Crippen molar-refractivity contribution in [2.75, 3.05) is 0 Å². The van der Waals surface area contributed by atoms with Gasteiger partial charge in [0, 0.05) is 0 Å². The maximum Gasteiger partial charge on any atom is 0.106 e. The van der Waals surface area contributed by atoms with Crippen molar-refractivity contribution in [1.29, 1.82) is 0 Å². The van der Waals surface area contributed by atoms with Gasteiger partial charge < -0.3 is 0 Å². The molecule has 0 saturated heterocycles. The monoisotopic (exact) mass is 258 g/mol. The third-order valence-electron chi connectivity index (χ3n) is 1.25. The molecular formula is C8H7IN2. The van der Waals surface area contributed by atoms with E-state index in [0.717, 1.165) is 5.69 Å². The molecular weight excluding hydrogens is 251 g/mol. The van der Waals surface area contributed by atoms with E-state index in [1.165, 1.54) is 5.56 Å². The van der Waals surface area contributed by atoms with Gasteiger partial charge in [0.2, 0.25) is 0 Å². The van der Waals surface area contributed by atoms with E-state index in [4.69, 9.17) is 0 Å². The van der Waals surface area contributed by atoms with Crippen LogP contribution < -0.4 is 0 Å². The van der Waals surface area contributed by atoms with Gasteiger partial charge >= 0.3 is 0 Å². The Morgan fingerprint density at radius 1 is 1.27 bits per heavy atom. The van der Waals surface area contributed by atoms with Gasteiger partial charge in [-0.15, -0.1) is 0 Å². The summed E-state index contributed by atoms with van der Waals surface area (Å²) in [5, 5.41) is 0. The number of benzene rings is 1. The lowest BCUT2D eigenvalue weighted by molar-refractivity contribution is 1.44. The second-order valence-electron chi connectivity index (χ2n) is 2.13. The number of rotatable bonds is 1. The fourth-order valence-electron chi connectivity index (χ4n) is 0.696. The van der Waals surface area contributed by atoms with Crippen molar-refractivity contribution < 1.29 is 0 Å². The summed E-state index contributed by atoms with van der Waals surface area (Å²) >= 11 is 1.84. The van der Waals surface area contributed by atoms with Crippen LogP contribution in [0.1, 0.15) is 5.56 Å². The number of nitrogens with zero attached hydrogens (tertiary/aromatic N) is 2. The van der Waals surface area contributed by atoms with Gasteiger partial charge in [0.05, 0.1) is 28.6 Å². The van der Waals surface area contributed by atoms with Crippen LogP contribution in [-0.2, 0) is 0 Å². The summed E-state index contributed by atoms with van der Waals surface area (Å²) in [6.07, 6.45) is 0. The Hall–Kier alpha value is -0.670. The first kappa shape index (κ1) is 8.43. The van der Waals surface area contributed by atoms with Gasteiger partial charge in [-0.2, -0.15) is 8.20 Å². The molecule has 0 atom stereocenters. The zero-order valence-corrected chi connectivity index (χ0v) is 8.24. The zero-order valence-electron chi connectivity index (χ0n) is 6.08. The molecule has 0 spiro atoms. The smallest absolute Gasteiger partial charge is 0.106 e. The summed E-state index contributed by atoms with van der Waals surface area (Å²) < 4.78 is 3.61. The fourth-order valence-corrected chi connectivity index (χ4v) is 0.804. The van der Waals surface area contributed by atoms with Crippen molar-refractivity contribution in [2.24, 2.45) is 8.20 Å². The average Bonchev–Trinajstić information content (AvgIpc) is 2.04. The Morgan fingerprint density at radius 2 is 1.91 bits per heavy atom. The summed E-state index contributed by atoms with van der Waals surface area (Å²) in [4.78, 5) is 3.94. The van der Waals surface area contributed by atoms with Crippen LogP contribution in [0, 0.1) is 6.92 Å². The third kappa shape index (κ3) is 2.82. The zero-order chi connectivity index (χ0) is 8.10.